The lowest BCUT2D eigenvalue weighted by Crippen LogP contribution is -2.39. The van der Waals surface area contributed by atoms with E-state index in [4.69, 9.17) is 0 Å². The first-order valence-corrected chi connectivity index (χ1v) is 9.24. The van der Waals surface area contributed by atoms with E-state index in [-0.39, 0.29) is 5.92 Å². The van der Waals surface area contributed by atoms with E-state index in [1.807, 2.05) is 6.07 Å². The molecule has 1 aromatic heterocycles. The Morgan fingerprint density at radius 2 is 2.30 bits per heavy atom. The lowest BCUT2D eigenvalue weighted by Gasteiger charge is -2.32. The van der Waals surface area contributed by atoms with Crippen molar-refractivity contribution in [2.24, 2.45) is 5.92 Å². The minimum atomic E-state index is -3.13. The summed E-state index contributed by atoms with van der Waals surface area (Å²) >= 11 is 3.33. The van der Waals surface area contributed by atoms with Crippen molar-refractivity contribution in [1.82, 2.24) is 9.29 Å². The van der Waals surface area contributed by atoms with Gasteiger partial charge in [0, 0.05) is 30.0 Å². The predicted octanol–water partition coefficient (Wildman–Crippen LogP) is 1.94. The maximum absolute atomic E-state index is 11.6. The van der Waals surface area contributed by atoms with Gasteiger partial charge in [-0.05, 0) is 52.7 Å². The Labute approximate surface area is 128 Å². The number of hydrogen-bond acceptors (Lipinski definition) is 4. The fraction of sp³-hybridized carbons (Fsp3) is 0.615. The van der Waals surface area contributed by atoms with Gasteiger partial charge in [-0.1, -0.05) is 0 Å². The first-order chi connectivity index (χ1) is 9.36. The van der Waals surface area contributed by atoms with Crippen molar-refractivity contribution in [3.05, 3.63) is 28.5 Å². The van der Waals surface area contributed by atoms with E-state index < -0.39 is 16.1 Å². The molecule has 1 fully saturated rings. The zero-order chi connectivity index (χ0) is 14.8. The molecule has 1 aromatic rings. The van der Waals surface area contributed by atoms with Crippen molar-refractivity contribution in [3.8, 4) is 0 Å². The van der Waals surface area contributed by atoms with Crippen LogP contribution in [0.2, 0.25) is 0 Å². The lowest BCUT2D eigenvalue weighted by molar-refractivity contribution is 0.122. The molecule has 112 valence electrons. The summed E-state index contributed by atoms with van der Waals surface area (Å²) < 4.78 is 25.5. The smallest absolute Gasteiger partial charge is 0.211 e. The lowest BCUT2D eigenvalue weighted by atomic mass is 9.91. The van der Waals surface area contributed by atoms with Crippen LogP contribution in [0.1, 0.15) is 30.9 Å². The average Bonchev–Trinajstić information content (AvgIpc) is 2.38. The van der Waals surface area contributed by atoms with Gasteiger partial charge in [0.15, 0.2) is 0 Å². The zero-order valence-electron chi connectivity index (χ0n) is 11.4. The molecular formula is C13H19BrN2O3S. The molecule has 2 atom stereocenters. The average molecular weight is 363 g/mol. The van der Waals surface area contributed by atoms with Crippen molar-refractivity contribution in [2.75, 3.05) is 19.3 Å². The predicted molar refractivity (Wildman–Crippen MR) is 80.7 cm³/mol. The third-order valence-corrected chi connectivity index (χ3v) is 5.32. The number of aliphatic hydroxyl groups is 1. The van der Waals surface area contributed by atoms with E-state index in [0.29, 0.717) is 19.5 Å². The van der Waals surface area contributed by atoms with Crippen LogP contribution < -0.4 is 0 Å². The van der Waals surface area contributed by atoms with Gasteiger partial charge in [0.25, 0.3) is 0 Å². The number of sulfonamides is 1. The quantitative estimate of drug-likeness (QED) is 0.888. The fourth-order valence-corrected chi connectivity index (χ4v) is 3.91. The highest BCUT2D eigenvalue weighted by molar-refractivity contribution is 9.10. The highest BCUT2D eigenvalue weighted by Crippen LogP contribution is 2.28. The van der Waals surface area contributed by atoms with Crippen LogP contribution in [-0.4, -0.2) is 42.2 Å². The molecular weight excluding hydrogens is 344 g/mol. The number of piperidine rings is 1. The monoisotopic (exact) mass is 362 g/mol. The van der Waals surface area contributed by atoms with Crippen LogP contribution in [-0.2, 0) is 10.0 Å². The minimum Gasteiger partial charge on any atom is -0.388 e. The highest BCUT2D eigenvalue weighted by atomic mass is 79.9. The van der Waals surface area contributed by atoms with Gasteiger partial charge in [0.2, 0.25) is 10.0 Å². The summed E-state index contributed by atoms with van der Waals surface area (Å²) in [7, 11) is -3.13. The van der Waals surface area contributed by atoms with E-state index in [9.17, 15) is 13.5 Å². The van der Waals surface area contributed by atoms with Crippen LogP contribution in [0.5, 0.6) is 0 Å². The highest BCUT2D eigenvalue weighted by Gasteiger charge is 2.27. The van der Waals surface area contributed by atoms with Crippen LogP contribution in [0.25, 0.3) is 0 Å². The van der Waals surface area contributed by atoms with Crippen molar-refractivity contribution in [1.29, 1.82) is 0 Å². The molecule has 2 heterocycles. The Morgan fingerprint density at radius 3 is 2.95 bits per heavy atom. The molecule has 1 aliphatic rings. The van der Waals surface area contributed by atoms with E-state index in [1.165, 1.54) is 10.6 Å². The van der Waals surface area contributed by atoms with Gasteiger partial charge in [-0.15, -0.1) is 0 Å². The molecule has 2 rings (SSSR count). The third-order valence-electron chi connectivity index (χ3n) is 3.62. The Bertz CT molecular complexity index is 564. The number of nitrogens with zero attached hydrogens (tertiary/aromatic N) is 2. The second-order valence-electron chi connectivity index (χ2n) is 5.32. The molecule has 7 heteroatoms. The van der Waals surface area contributed by atoms with Crippen molar-refractivity contribution in [2.45, 2.75) is 25.4 Å². The van der Waals surface area contributed by atoms with E-state index >= 15 is 0 Å². The van der Waals surface area contributed by atoms with Crippen molar-refractivity contribution < 1.29 is 13.5 Å². The van der Waals surface area contributed by atoms with E-state index in [1.54, 1.807) is 12.4 Å². The fourth-order valence-electron chi connectivity index (χ4n) is 2.58. The molecule has 0 saturated carbocycles. The number of rotatable bonds is 4. The molecule has 20 heavy (non-hydrogen) atoms. The zero-order valence-corrected chi connectivity index (χ0v) is 13.8. The molecule has 1 N–H and O–H groups in total. The van der Waals surface area contributed by atoms with E-state index in [2.05, 4.69) is 20.9 Å². The summed E-state index contributed by atoms with van der Waals surface area (Å²) in [5, 5.41) is 10.3. The number of pyridine rings is 1. The summed E-state index contributed by atoms with van der Waals surface area (Å²) in [6.45, 7) is 1.08. The number of hydrogen-bond donors (Lipinski definition) is 1. The molecule has 2 unspecified atom stereocenters. The third kappa shape index (κ3) is 4.25. The normalized spacial score (nSPS) is 22.6. The van der Waals surface area contributed by atoms with Gasteiger partial charge in [-0.25, -0.2) is 12.7 Å². The molecule has 0 aromatic carbocycles. The molecule has 0 radical (unpaired) electrons. The summed E-state index contributed by atoms with van der Waals surface area (Å²) in [5.74, 6) is 0.187. The Kier molecular flexibility index (Phi) is 5.17. The summed E-state index contributed by atoms with van der Waals surface area (Å²) in [4.78, 5) is 4.04. The van der Waals surface area contributed by atoms with Crippen LogP contribution in [0.15, 0.2) is 22.9 Å². The summed E-state index contributed by atoms with van der Waals surface area (Å²) in [6.07, 6.45) is 6.30. The Balaban J connectivity index is 1.99. The van der Waals surface area contributed by atoms with Gasteiger partial charge in [0.05, 0.1) is 12.4 Å². The maximum atomic E-state index is 11.6. The second-order valence-corrected chi connectivity index (χ2v) is 8.22. The molecule has 5 nitrogen and oxygen atoms in total. The topological polar surface area (TPSA) is 70.5 Å². The Hall–Kier alpha value is -0.500. The molecule has 0 bridgehead atoms. The first-order valence-electron chi connectivity index (χ1n) is 6.60. The molecule has 0 spiro atoms. The molecule has 1 saturated heterocycles. The van der Waals surface area contributed by atoms with Crippen LogP contribution >= 0.6 is 15.9 Å². The molecule has 0 aliphatic carbocycles. The van der Waals surface area contributed by atoms with Crippen molar-refractivity contribution >= 4 is 26.0 Å². The second kappa shape index (κ2) is 6.51. The number of halogens is 1. The van der Waals surface area contributed by atoms with Gasteiger partial charge < -0.3 is 5.11 Å². The van der Waals surface area contributed by atoms with Gasteiger partial charge in [-0.3, -0.25) is 4.98 Å². The summed E-state index contributed by atoms with van der Waals surface area (Å²) in [6, 6.07) is 1.84. The van der Waals surface area contributed by atoms with Gasteiger partial charge >= 0.3 is 0 Å². The van der Waals surface area contributed by atoms with Gasteiger partial charge in [0.1, 0.15) is 0 Å². The number of aliphatic hydroxyl groups excluding tert-OH is 1. The molecule has 0 amide bonds. The largest absolute Gasteiger partial charge is 0.388 e. The van der Waals surface area contributed by atoms with E-state index in [0.717, 1.165) is 22.9 Å². The molecule has 1 aliphatic heterocycles. The van der Waals surface area contributed by atoms with Crippen LogP contribution in [0, 0.1) is 5.92 Å². The van der Waals surface area contributed by atoms with Crippen LogP contribution in [0.4, 0.5) is 0 Å². The van der Waals surface area contributed by atoms with Crippen molar-refractivity contribution in [3.63, 3.8) is 0 Å². The van der Waals surface area contributed by atoms with Crippen LogP contribution in [0.3, 0.4) is 0 Å². The minimum absolute atomic E-state index is 0.187. The SMILES string of the molecule is CS(=O)(=O)N1CCCC(CC(O)c2cncc(Br)c2)C1. The first kappa shape index (κ1) is 15.9. The maximum Gasteiger partial charge on any atom is 0.211 e. The standard InChI is InChI=1S/C13H19BrN2O3S/c1-20(18,19)16-4-2-3-10(9-16)5-13(17)11-6-12(14)8-15-7-11/h6-8,10,13,17H,2-5,9H2,1H3. The van der Waals surface area contributed by atoms with Gasteiger partial charge in [-0.2, -0.15) is 0 Å². The Morgan fingerprint density at radius 1 is 1.55 bits per heavy atom. The number of aromatic nitrogens is 1. The summed E-state index contributed by atoms with van der Waals surface area (Å²) in [5.41, 5.74) is 0.760.